The van der Waals surface area contributed by atoms with Crippen molar-refractivity contribution < 1.29 is 23.5 Å². The van der Waals surface area contributed by atoms with Gasteiger partial charge in [0.05, 0.1) is 19.3 Å². The number of amides is 1. The Balaban J connectivity index is 1.58. The standard InChI is InChI=1S/C23H23NO5/c1-3-4-13-28-23(26)16-5-7-18(8-6-16)24-22(25)12-10-20-15-17-14-19(27-2)9-11-21(17)29-20/h5-12,14-15H,3-4,13H2,1-2H3,(H,24,25)/b12-10+. The van der Waals surface area contributed by atoms with Crippen LogP contribution < -0.4 is 10.1 Å². The van der Waals surface area contributed by atoms with Gasteiger partial charge in [-0.05, 0) is 61.0 Å². The maximum absolute atomic E-state index is 12.1. The molecule has 2 aromatic carbocycles. The van der Waals surface area contributed by atoms with Crippen LogP contribution in [-0.2, 0) is 9.53 Å². The number of hydrogen-bond acceptors (Lipinski definition) is 5. The summed E-state index contributed by atoms with van der Waals surface area (Å²) in [7, 11) is 1.61. The molecule has 0 spiro atoms. The van der Waals surface area contributed by atoms with Crippen molar-refractivity contribution in [1.29, 1.82) is 0 Å². The molecule has 0 saturated heterocycles. The first-order valence-corrected chi connectivity index (χ1v) is 9.43. The van der Waals surface area contributed by atoms with E-state index in [0.717, 1.165) is 24.0 Å². The fourth-order valence-electron chi connectivity index (χ4n) is 2.68. The number of furan rings is 1. The molecule has 3 rings (SSSR count). The van der Waals surface area contributed by atoms with Crippen LogP contribution in [-0.4, -0.2) is 25.6 Å². The van der Waals surface area contributed by atoms with Crippen LogP contribution in [0.15, 0.2) is 59.0 Å². The monoisotopic (exact) mass is 393 g/mol. The summed E-state index contributed by atoms with van der Waals surface area (Å²) in [6.07, 6.45) is 4.79. The van der Waals surface area contributed by atoms with Gasteiger partial charge in [-0.25, -0.2) is 4.79 Å². The summed E-state index contributed by atoms with van der Waals surface area (Å²) in [5.41, 5.74) is 1.75. The highest BCUT2D eigenvalue weighted by Gasteiger charge is 2.07. The van der Waals surface area contributed by atoms with Crippen molar-refractivity contribution in [3.63, 3.8) is 0 Å². The summed E-state index contributed by atoms with van der Waals surface area (Å²) in [5, 5.41) is 3.64. The number of methoxy groups -OCH3 is 1. The lowest BCUT2D eigenvalue weighted by Crippen LogP contribution is -2.09. The van der Waals surface area contributed by atoms with E-state index in [1.165, 1.54) is 6.08 Å². The maximum atomic E-state index is 12.1. The summed E-state index contributed by atoms with van der Waals surface area (Å²) in [6, 6.07) is 13.9. The number of nitrogens with one attached hydrogen (secondary N) is 1. The van der Waals surface area contributed by atoms with Gasteiger partial charge < -0.3 is 19.2 Å². The van der Waals surface area contributed by atoms with Crippen LogP contribution >= 0.6 is 0 Å². The maximum Gasteiger partial charge on any atom is 0.338 e. The second-order valence-corrected chi connectivity index (χ2v) is 6.44. The molecule has 1 amide bonds. The summed E-state index contributed by atoms with van der Waals surface area (Å²) >= 11 is 0. The fourth-order valence-corrected chi connectivity index (χ4v) is 2.68. The zero-order valence-electron chi connectivity index (χ0n) is 16.4. The van der Waals surface area contributed by atoms with Crippen molar-refractivity contribution in [3.05, 3.63) is 65.9 Å². The van der Waals surface area contributed by atoms with Gasteiger partial charge in [0.2, 0.25) is 5.91 Å². The Morgan fingerprint density at radius 1 is 1.10 bits per heavy atom. The van der Waals surface area contributed by atoms with Crippen molar-refractivity contribution in [1.82, 2.24) is 0 Å². The summed E-state index contributed by atoms with van der Waals surface area (Å²) in [5.74, 6) is 0.636. The lowest BCUT2D eigenvalue weighted by Gasteiger charge is -2.05. The Kier molecular flexibility index (Phi) is 6.68. The third kappa shape index (κ3) is 5.48. The molecule has 3 aromatic rings. The third-order valence-electron chi connectivity index (χ3n) is 4.26. The van der Waals surface area contributed by atoms with Crippen LogP contribution in [0.25, 0.3) is 17.0 Å². The highest BCUT2D eigenvalue weighted by molar-refractivity contribution is 6.02. The van der Waals surface area contributed by atoms with E-state index in [4.69, 9.17) is 13.9 Å². The second kappa shape index (κ2) is 9.59. The van der Waals surface area contributed by atoms with E-state index in [9.17, 15) is 9.59 Å². The second-order valence-electron chi connectivity index (χ2n) is 6.44. The molecule has 0 aliphatic carbocycles. The molecule has 6 heteroatoms. The topological polar surface area (TPSA) is 77.8 Å². The Bertz CT molecular complexity index is 1020. The summed E-state index contributed by atoms with van der Waals surface area (Å²) in [4.78, 5) is 24.0. The molecule has 6 nitrogen and oxygen atoms in total. The lowest BCUT2D eigenvalue weighted by atomic mass is 10.2. The zero-order chi connectivity index (χ0) is 20.6. The van der Waals surface area contributed by atoms with Crippen LogP contribution in [0.4, 0.5) is 5.69 Å². The minimum absolute atomic E-state index is 0.304. The zero-order valence-corrected chi connectivity index (χ0v) is 16.4. The molecule has 0 radical (unpaired) electrons. The number of benzene rings is 2. The molecule has 29 heavy (non-hydrogen) atoms. The highest BCUT2D eigenvalue weighted by Crippen LogP contribution is 2.24. The van der Waals surface area contributed by atoms with E-state index in [0.29, 0.717) is 29.2 Å². The van der Waals surface area contributed by atoms with Crippen molar-refractivity contribution in [2.45, 2.75) is 19.8 Å². The van der Waals surface area contributed by atoms with Crippen molar-refractivity contribution >= 4 is 34.6 Å². The predicted octanol–water partition coefficient (Wildman–Crippen LogP) is 5.05. The molecule has 1 aromatic heterocycles. The number of carbonyl (C=O) groups is 2. The molecule has 0 atom stereocenters. The lowest BCUT2D eigenvalue weighted by molar-refractivity contribution is -0.111. The minimum atomic E-state index is -0.363. The molecule has 1 N–H and O–H groups in total. The van der Waals surface area contributed by atoms with Crippen molar-refractivity contribution in [2.24, 2.45) is 0 Å². The number of rotatable bonds is 8. The molecule has 0 fully saturated rings. The molecule has 0 aliphatic heterocycles. The average molecular weight is 393 g/mol. The number of fused-ring (bicyclic) bond motifs is 1. The summed E-state index contributed by atoms with van der Waals surface area (Å²) < 4.78 is 16.0. The largest absolute Gasteiger partial charge is 0.497 e. The molecular formula is C23H23NO5. The quantitative estimate of drug-likeness (QED) is 0.329. The normalized spacial score (nSPS) is 11.0. The molecule has 0 aliphatic rings. The van der Waals surface area contributed by atoms with Gasteiger partial charge >= 0.3 is 5.97 Å². The summed E-state index contributed by atoms with van der Waals surface area (Å²) in [6.45, 7) is 2.44. The first-order valence-electron chi connectivity index (χ1n) is 9.43. The number of hydrogen-bond donors (Lipinski definition) is 1. The highest BCUT2D eigenvalue weighted by atomic mass is 16.5. The number of esters is 1. The Morgan fingerprint density at radius 3 is 2.62 bits per heavy atom. The van der Waals surface area contributed by atoms with Gasteiger partial charge in [0.1, 0.15) is 17.1 Å². The van der Waals surface area contributed by atoms with Crippen LogP contribution in [0.5, 0.6) is 5.75 Å². The molecule has 0 unspecified atom stereocenters. The van der Waals surface area contributed by atoms with Crippen LogP contribution in [0.3, 0.4) is 0 Å². The smallest absolute Gasteiger partial charge is 0.338 e. The van der Waals surface area contributed by atoms with Gasteiger partial charge in [-0.1, -0.05) is 13.3 Å². The first kappa shape index (κ1) is 20.2. The predicted molar refractivity (Wildman–Crippen MR) is 112 cm³/mol. The van der Waals surface area contributed by atoms with Crippen LogP contribution in [0.2, 0.25) is 0 Å². The Labute approximate surface area is 169 Å². The van der Waals surface area contributed by atoms with Gasteiger partial charge in [0.25, 0.3) is 0 Å². The van der Waals surface area contributed by atoms with E-state index < -0.39 is 0 Å². The number of carbonyl (C=O) groups excluding carboxylic acids is 2. The molecule has 0 saturated carbocycles. The fraction of sp³-hybridized carbons (Fsp3) is 0.217. The molecule has 1 heterocycles. The van der Waals surface area contributed by atoms with E-state index >= 15 is 0 Å². The Morgan fingerprint density at radius 2 is 1.90 bits per heavy atom. The van der Waals surface area contributed by atoms with E-state index in [1.54, 1.807) is 37.5 Å². The molecule has 0 bridgehead atoms. The third-order valence-corrected chi connectivity index (χ3v) is 4.26. The molecule has 150 valence electrons. The first-order chi connectivity index (χ1) is 14.1. The van der Waals surface area contributed by atoms with Crippen molar-refractivity contribution in [2.75, 3.05) is 19.0 Å². The van der Waals surface area contributed by atoms with Gasteiger partial charge in [0.15, 0.2) is 0 Å². The van der Waals surface area contributed by atoms with Gasteiger partial charge in [-0.2, -0.15) is 0 Å². The number of unbranched alkanes of at least 4 members (excludes halogenated alkanes) is 1. The van der Waals surface area contributed by atoms with Crippen LogP contribution in [0, 0.1) is 0 Å². The van der Waals surface area contributed by atoms with Gasteiger partial charge in [-0.3, -0.25) is 4.79 Å². The van der Waals surface area contributed by atoms with Crippen LogP contribution in [0.1, 0.15) is 35.9 Å². The van der Waals surface area contributed by atoms with Gasteiger partial charge in [0, 0.05) is 17.1 Å². The average Bonchev–Trinajstić information content (AvgIpc) is 3.15. The van der Waals surface area contributed by atoms with E-state index in [-0.39, 0.29) is 11.9 Å². The van der Waals surface area contributed by atoms with E-state index in [1.807, 2.05) is 31.2 Å². The Hall–Kier alpha value is -3.54. The number of ether oxygens (including phenoxy) is 2. The minimum Gasteiger partial charge on any atom is -0.497 e. The van der Waals surface area contributed by atoms with Gasteiger partial charge in [-0.15, -0.1) is 0 Å². The van der Waals surface area contributed by atoms with Crippen molar-refractivity contribution in [3.8, 4) is 5.75 Å². The van der Waals surface area contributed by atoms with E-state index in [2.05, 4.69) is 5.32 Å². The molecular weight excluding hydrogens is 370 g/mol. The SMILES string of the molecule is CCCCOC(=O)c1ccc(NC(=O)/C=C/c2cc3cc(OC)ccc3o2)cc1. The number of anilines is 1.